The van der Waals surface area contributed by atoms with E-state index in [0.29, 0.717) is 4.88 Å². The molecule has 2 heterocycles. The Kier molecular flexibility index (Phi) is 2.95. The van der Waals surface area contributed by atoms with Crippen molar-refractivity contribution in [2.45, 2.75) is 26.2 Å². The summed E-state index contributed by atoms with van der Waals surface area (Å²) in [4.78, 5) is 9.49. The maximum atomic E-state index is 9.14. The van der Waals surface area contributed by atoms with Crippen LogP contribution in [-0.4, -0.2) is 9.97 Å². The van der Waals surface area contributed by atoms with Crippen molar-refractivity contribution in [3.8, 4) is 16.8 Å². The lowest BCUT2D eigenvalue weighted by Crippen LogP contribution is -2.13. The first kappa shape index (κ1) is 11.7. The van der Waals surface area contributed by atoms with Crippen LogP contribution in [0.15, 0.2) is 24.4 Å². The molecule has 0 aliphatic carbocycles. The van der Waals surface area contributed by atoms with Gasteiger partial charge in [0.2, 0.25) is 0 Å². The highest BCUT2D eigenvalue weighted by Gasteiger charge is 2.23. The third-order valence-corrected chi connectivity index (χ3v) is 3.31. The fraction of sp³-hybridized carbons (Fsp3) is 0.308. The average Bonchev–Trinajstić information content (AvgIpc) is 2.74. The number of hydrogen-bond acceptors (Lipinski definition) is 4. The zero-order chi connectivity index (χ0) is 12.5. The second-order valence-electron chi connectivity index (χ2n) is 4.77. The standard InChI is InChI=1S/C13H13N3S/c1-13(2,3)11-10(8-14)17-12(16-11)9-6-4-5-7-15-9/h4-7H,1-3H3. The molecule has 0 fully saturated rings. The topological polar surface area (TPSA) is 49.6 Å². The molecular weight excluding hydrogens is 230 g/mol. The lowest BCUT2D eigenvalue weighted by atomic mass is 9.91. The molecule has 0 bridgehead atoms. The molecule has 0 saturated heterocycles. The minimum atomic E-state index is -0.116. The van der Waals surface area contributed by atoms with Crippen molar-refractivity contribution in [1.29, 1.82) is 5.26 Å². The van der Waals surface area contributed by atoms with Crippen LogP contribution in [0.2, 0.25) is 0 Å². The Bertz CT molecular complexity index is 559. The van der Waals surface area contributed by atoms with Crippen molar-refractivity contribution < 1.29 is 0 Å². The minimum Gasteiger partial charge on any atom is -0.254 e. The molecule has 0 spiro atoms. The van der Waals surface area contributed by atoms with E-state index in [1.165, 1.54) is 11.3 Å². The third-order valence-electron chi connectivity index (χ3n) is 2.32. The van der Waals surface area contributed by atoms with Gasteiger partial charge in [-0.1, -0.05) is 26.8 Å². The van der Waals surface area contributed by atoms with Gasteiger partial charge in [0.05, 0.1) is 11.4 Å². The second-order valence-corrected chi connectivity index (χ2v) is 5.77. The normalized spacial score (nSPS) is 11.2. The molecule has 2 rings (SSSR count). The predicted molar refractivity (Wildman–Crippen MR) is 68.8 cm³/mol. The summed E-state index contributed by atoms with van der Waals surface area (Å²) >= 11 is 1.40. The third kappa shape index (κ3) is 2.34. The molecule has 0 N–H and O–H groups in total. The van der Waals surface area contributed by atoms with Gasteiger partial charge in [-0.15, -0.1) is 11.3 Å². The fourth-order valence-corrected chi connectivity index (χ4v) is 2.55. The zero-order valence-corrected chi connectivity index (χ0v) is 10.9. The van der Waals surface area contributed by atoms with Crippen LogP contribution >= 0.6 is 11.3 Å². The zero-order valence-electron chi connectivity index (χ0n) is 10.1. The lowest BCUT2D eigenvalue weighted by Gasteiger charge is -2.15. The highest BCUT2D eigenvalue weighted by atomic mass is 32.1. The summed E-state index contributed by atoms with van der Waals surface area (Å²) in [5.74, 6) is 0. The SMILES string of the molecule is CC(C)(C)c1nc(-c2ccccn2)sc1C#N. The van der Waals surface area contributed by atoms with Gasteiger partial charge in [-0.25, -0.2) is 4.98 Å². The maximum Gasteiger partial charge on any atom is 0.143 e. The number of nitrogens with zero attached hydrogens (tertiary/aromatic N) is 3. The summed E-state index contributed by atoms with van der Waals surface area (Å²) in [5.41, 5.74) is 1.56. The molecule has 3 nitrogen and oxygen atoms in total. The molecule has 17 heavy (non-hydrogen) atoms. The van der Waals surface area contributed by atoms with E-state index in [0.717, 1.165) is 16.4 Å². The Labute approximate surface area is 105 Å². The Morgan fingerprint density at radius 2 is 2.06 bits per heavy atom. The van der Waals surface area contributed by atoms with Crippen molar-refractivity contribution in [3.05, 3.63) is 35.0 Å². The second kappa shape index (κ2) is 4.27. The molecule has 4 heteroatoms. The number of aromatic nitrogens is 2. The van der Waals surface area contributed by atoms with Gasteiger partial charge in [-0.3, -0.25) is 4.98 Å². The molecule has 0 aromatic carbocycles. The van der Waals surface area contributed by atoms with Crippen LogP contribution in [0.3, 0.4) is 0 Å². The largest absolute Gasteiger partial charge is 0.254 e. The van der Waals surface area contributed by atoms with Gasteiger partial charge < -0.3 is 0 Å². The van der Waals surface area contributed by atoms with Gasteiger partial charge in [0, 0.05) is 11.6 Å². The first-order valence-corrected chi connectivity index (χ1v) is 6.17. The van der Waals surface area contributed by atoms with Crippen LogP contribution in [-0.2, 0) is 5.41 Å². The summed E-state index contributed by atoms with van der Waals surface area (Å²) in [6.07, 6.45) is 1.74. The highest BCUT2D eigenvalue weighted by Crippen LogP contribution is 2.32. The molecule has 86 valence electrons. The first-order valence-electron chi connectivity index (χ1n) is 5.35. The van der Waals surface area contributed by atoms with E-state index < -0.39 is 0 Å². The van der Waals surface area contributed by atoms with Crippen LogP contribution in [0, 0.1) is 11.3 Å². The van der Waals surface area contributed by atoms with Gasteiger partial charge in [-0.2, -0.15) is 5.26 Å². The summed E-state index contributed by atoms with van der Waals surface area (Å²) in [6.45, 7) is 6.18. The van der Waals surface area contributed by atoms with Crippen LogP contribution < -0.4 is 0 Å². The van der Waals surface area contributed by atoms with E-state index in [-0.39, 0.29) is 5.41 Å². The number of hydrogen-bond donors (Lipinski definition) is 0. The molecule has 0 radical (unpaired) electrons. The van der Waals surface area contributed by atoms with E-state index in [2.05, 4.69) is 36.8 Å². The Hall–Kier alpha value is -1.73. The summed E-state index contributed by atoms with van der Waals surface area (Å²) in [7, 11) is 0. The number of pyridine rings is 1. The molecule has 2 aromatic heterocycles. The van der Waals surface area contributed by atoms with E-state index in [9.17, 15) is 0 Å². The van der Waals surface area contributed by atoms with Gasteiger partial charge in [0.25, 0.3) is 0 Å². The number of thiazole rings is 1. The van der Waals surface area contributed by atoms with E-state index >= 15 is 0 Å². The van der Waals surface area contributed by atoms with Gasteiger partial charge >= 0.3 is 0 Å². The minimum absolute atomic E-state index is 0.116. The quantitative estimate of drug-likeness (QED) is 0.771. The Balaban J connectivity index is 2.54. The molecule has 0 saturated carbocycles. The van der Waals surface area contributed by atoms with Gasteiger partial charge in [-0.05, 0) is 12.1 Å². The molecule has 0 unspecified atom stereocenters. The smallest absolute Gasteiger partial charge is 0.143 e. The molecule has 0 aliphatic heterocycles. The predicted octanol–water partition coefficient (Wildman–Crippen LogP) is 3.37. The molecule has 0 aliphatic rings. The van der Waals surface area contributed by atoms with Gasteiger partial charge in [0.15, 0.2) is 0 Å². The molecule has 0 atom stereocenters. The summed E-state index contributed by atoms with van der Waals surface area (Å²) in [6, 6.07) is 7.92. The maximum absolute atomic E-state index is 9.14. The van der Waals surface area contributed by atoms with Gasteiger partial charge in [0.1, 0.15) is 16.0 Å². The average molecular weight is 243 g/mol. The van der Waals surface area contributed by atoms with Crippen LogP contribution in [0.1, 0.15) is 31.3 Å². The van der Waals surface area contributed by atoms with E-state index in [4.69, 9.17) is 5.26 Å². The van der Waals surface area contributed by atoms with Crippen molar-refractivity contribution in [1.82, 2.24) is 9.97 Å². The summed E-state index contributed by atoms with van der Waals surface area (Å²) < 4.78 is 0. The molecule has 0 amide bonds. The van der Waals surface area contributed by atoms with Crippen molar-refractivity contribution >= 4 is 11.3 Å². The first-order chi connectivity index (χ1) is 8.02. The van der Waals surface area contributed by atoms with Crippen LogP contribution in [0.25, 0.3) is 10.7 Å². The molecule has 2 aromatic rings. The molecular formula is C13H13N3S. The number of rotatable bonds is 1. The highest BCUT2D eigenvalue weighted by molar-refractivity contribution is 7.15. The number of nitriles is 1. The Morgan fingerprint density at radius 3 is 2.53 bits per heavy atom. The van der Waals surface area contributed by atoms with E-state index in [1.807, 2.05) is 18.2 Å². The Morgan fingerprint density at radius 1 is 1.29 bits per heavy atom. The van der Waals surface area contributed by atoms with Crippen LogP contribution in [0.4, 0.5) is 0 Å². The summed E-state index contributed by atoms with van der Waals surface area (Å²) in [5, 5.41) is 9.95. The van der Waals surface area contributed by atoms with Crippen molar-refractivity contribution in [2.75, 3.05) is 0 Å². The van der Waals surface area contributed by atoms with Crippen LogP contribution in [0.5, 0.6) is 0 Å². The van der Waals surface area contributed by atoms with Crippen molar-refractivity contribution in [3.63, 3.8) is 0 Å². The van der Waals surface area contributed by atoms with E-state index in [1.54, 1.807) is 6.20 Å². The fourth-order valence-electron chi connectivity index (χ4n) is 1.50. The monoisotopic (exact) mass is 243 g/mol. The lowest BCUT2D eigenvalue weighted by molar-refractivity contribution is 0.572. The van der Waals surface area contributed by atoms with Crippen molar-refractivity contribution in [2.24, 2.45) is 0 Å².